The third-order valence-corrected chi connectivity index (χ3v) is 4.59. The summed E-state index contributed by atoms with van der Waals surface area (Å²) in [4.78, 5) is 12.8. The Bertz CT molecular complexity index is 513. The predicted molar refractivity (Wildman–Crippen MR) is 83.9 cm³/mol. The van der Waals surface area contributed by atoms with Gasteiger partial charge in [0.15, 0.2) is 0 Å². The molecule has 0 heterocycles. The van der Waals surface area contributed by atoms with E-state index in [0.29, 0.717) is 24.3 Å². The zero-order valence-corrected chi connectivity index (χ0v) is 13.2. The average Bonchev–Trinajstić information content (AvgIpc) is 2.54. The van der Waals surface area contributed by atoms with Gasteiger partial charge >= 0.3 is 0 Å². The number of aliphatic hydroxyl groups excluding tert-OH is 1. The highest BCUT2D eigenvalue weighted by atomic mass is 16.6. The number of benzene rings is 1. The highest BCUT2D eigenvalue weighted by Gasteiger charge is 2.24. The molecule has 1 aliphatic carbocycles. The second-order valence-electron chi connectivity index (χ2n) is 6.03. The van der Waals surface area contributed by atoms with E-state index >= 15 is 0 Å². The summed E-state index contributed by atoms with van der Waals surface area (Å²) in [5, 5.41) is 20.1. The molecule has 1 aromatic rings. The highest BCUT2D eigenvalue weighted by Crippen LogP contribution is 2.30. The number of nitro groups is 1. The van der Waals surface area contributed by atoms with Crippen molar-refractivity contribution >= 4 is 5.69 Å². The SMILES string of the molecule is COc1ccc([N+](=O)[O-])cc1CN(C)C1CCC(CO)CC1. The molecule has 1 N–H and O–H groups in total. The zero-order chi connectivity index (χ0) is 16.1. The van der Waals surface area contributed by atoms with Crippen molar-refractivity contribution in [3.63, 3.8) is 0 Å². The second-order valence-corrected chi connectivity index (χ2v) is 6.03. The van der Waals surface area contributed by atoms with Gasteiger partial charge in [0, 0.05) is 36.9 Å². The summed E-state index contributed by atoms with van der Waals surface area (Å²) < 4.78 is 5.32. The van der Waals surface area contributed by atoms with E-state index in [1.54, 1.807) is 19.2 Å². The van der Waals surface area contributed by atoms with Crippen LogP contribution in [0.25, 0.3) is 0 Å². The van der Waals surface area contributed by atoms with Crippen molar-refractivity contribution in [2.24, 2.45) is 5.92 Å². The van der Waals surface area contributed by atoms with Gasteiger partial charge in [0.2, 0.25) is 0 Å². The van der Waals surface area contributed by atoms with Crippen LogP contribution >= 0.6 is 0 Å². The van der Waals surface area contributed by atoms with Crippen LogP contribution in [0.2, 0.25) is 0 Å². The number of aliphatic hydroxyl groups is 1. The van der Waals surface area contributed by atoms with Gasteiger partial charge in [0.25, 0.3) is 5.69 Å². The first-order chi connectivity index (χ1) is 10.5. The van der Waals surface area contributed by atoms with Gasteiger partial charge in [-0.2, -0.15) is 0 Å². The summed E-state index contributed by atoms with van der Waals surface area (Å²) in [6.07, 6.45) is 4.19. The van der Waals surface area contributed by atoms with Crippen LogP contribution in [0.3, 0.4) is 0 Å². The molecule has 0 saturated heterocycles. The molecule has 0 bridgehead atoms. The molecule has 1 fully saturated rings. The minimum absolute atomic E-state index is 0.0909. The molecule has 0 radical (unpaired) electrons. The maximum absolute atomic E-state index is 10.9. The highest BCUT2D eigenvalue weighted by molar-refractivity contribution is 5.43. The summed E-state index contributed by atoms with van der Waals surface area (Å²) in [7, 11) is 3.62. The van der Waals surface area contributed by atoms with Crippen LogP contribution in [0, 0.1) is 16.0 Å². The predicted octanol–water partition coefficient (Wildman–Crippen LogP) is 2.59. The van der Waals surface area contributed by atoms with Crippen LogP contribution < -0.4 is 4.74 Å². The van der Waals surface area contributed by atoms with Crippen molar-refractivity contribution in [1.29, 1.82) is 0 Å². The quantitative estimate of drug-likeness (QED) is 0.645. The van der Waals surface area contributed by atoms with Gasteiger partial charge in [-0.3, -0.25) is 15.0 Å². The molecule has 6 nitrogen and oxygen atoms in total. The normalized spacial score (nSPS) is 21.8. The molecule has 0 atom stereocenters. The minimum atomic E-state index is -0.380. The van der Waals surface area contributed by atoms with Crippen molar-refractivity contribution in [3.05, 3.63) is 33.9 Å². The number of ether oxygens (including phenoxy) is 1. The monoisotopic (exact) mass is 308 g/mol. The van der Waals surface area contributed by atoms with Gasteiger partial charge in [-0.15, -0.1) is 0 Å². The molecular formula is C16H24N2O4. The molecule has 0 aromatic heterocycles. The standard InChI is InChI=1S/C16H24N2O4/c1-17(14-5-3-12(11-19)4-6-14)10-13-9-15(18(20)21)7-8-16(13)22-2/h7-9,12,14,19H,3-6,10-11H2,1-2H3. The Balaban J connectivity index is 2.05. The van der Waals surface area contributed by atoms with Crippen molar-refractivity contribution < 1.29 is 14.8 Å². The smallest absolute Gasteiger partial charge is 0.270 e. The average molecular weight is 308 g/mol. The van der Waals surface area contributed by atoms with Crippen LogP contribution in [0.5, 0.6) is 5.75 Å². The van der Waals surface area contributed by atoms with E-state index in [-0.39, 0.29) is 17.2 Å². The third-order valence-electron chi connectivity index (χ3n) is 4.59. The van der Waals surface area contributed by atoms with Gasteiger partial charge in [-0.1, -0.05) is 0 Å². The first kappa shape index (κ1) is 16.7. The molecule has 1 aromatic carbocycles. The molecule has 0 aliphatic heterocycles. The van der Waals surface area contributed by atoms with Crippen LogP contribution in [-0.2, 0) is 6.54 Å². The summed E-state index contributed by atoms with van der Waals surface area (Å²) in [6, 6.07) is 5.17. The number of nitrogens with zero attached hydrogens (tertiary/aromatic N) is 2. The van der Waals surface area contributed by atoms with Crippen molar-refractivity contribution in [3.8, 4) is 5.75 Å². The molecule has 0 spiro atoms. The van der Waals surface area contributed by atoms with E-state index in [4.69, 9.17) is 4.74 Å². The van der Waals surface area contributed by atoms with Gasteiger partial charge in [0.1, 0.15) is 5.75 Å². The Morgan fingerprint density at radius 2 is 2.05 bits per heavy atom. The van der Waals surface area contributed by atoms with E-state index < -0.39 is 0 Å². The molecule has 0 amide bonds. The molecule has 1 saturated carbocycles. The number of hydrogen-bond acceptors (Lipinski definition) is 5. The molecule has 122 valence electrons. The molecule has 6 heteroatoms. The molecule has 2 rings (SSSR count). The third kappa shape index (κ3) is 3.96. The Labute approximate surface area is 130 Å². The van der Waals surface area contributed by atoms with Gasteiger partial charge in [-0.25, -0.2) is 0 Å². The summed E-state index contributed by atoms with van der Waals surface area (Å²) >= 11 is 0. The number of nitro benzene ring substituents is 1. The Hall–Kier alpha value is -1.66. The lowest BCUT2D eigenvalue weighted by Crippen LogP contribution is -2.35. The van der Waals surface area contributed by atoms with Crippen LogP contribution in [0.4, 0.5) is 5.69 Å². The van der Waals surface area contributed by atoms with Crippen molar-refractivity contribution in [2.75, 3.05) is 20.8 Å². The Morgan fingerprint density at radius 3 is 2.59 bits per heavy atom. The first-order valence-electron chi connectivity index (χ1n) is 7.67. The zero-order valence-electron chi connectivity index (χ0n) is 13.2. The fourth-order valence-corrected chi connectivity index (χ4v) is 3.17. The molecular weight excluding hydrogens is 284 g/mol. The van der Waals surface area contributed by atoms with Gasteiger partial charge in [-0.05, 0) is 44.7 Å². The summed E-state index contributed by atoms with van der Waals surface area (Å²) in [5.41, 5.74) is 0.927. The van der Waals surface area contributed by atoms with E-state index in [1.165, 1.54) is 6.07 Å². The maximum Gasteiger partial charge on any atom is 0.270 e. The fraction of sp³-hybridized carbons (Fsp3) is 0.625. The summed E-state index contributed by atoms with van der Waals surface area (Å²) in [5.74, 6) is 1.11. The van der Waals surface area contributed by atoms with E-state index in [2.05, 4.69) is 4.90 Å². The topological polar surface area (TPSA) is 75.8 Å². The van der Waals surface area contributed by atoms with Crippen LogP contribution in [0.15, 0.2) is 18.2 Å². The van der Waals surface area contributed by atoms with E-state index in [1.807, 2.05) is 7.05 Å². The fourth-order valence-electron chi connectivity index (χ4n) is 3.17. The van der Waals surface area contributed by atoms with E-state index in [9.17, 15) is 15.2 Å². The summed E-state index contributed by atoms with van der Waals surface area (Å²) in [6.45, 7) is 0.897. The van der Waals surface area contributed by atoms with Crippen molar-refractivity contribution in [1.82, 2.24) is 4.90 Å². The first-order valence-corrected chi connectivity index (χ1v) is 7.67. The van der Waals surface area contributed by atoms with Crippen LogP contribution in [-0.4, -0.2) is 41.7 Å². The number of non-ortho nitro benzene ring substituents is 1. The molecule has 1 aliphatic rings. The number of hydrogen-bond donors (Lipinski definition) is 1. The van der Waals surface area contributed by atoms with E-state index in [0.717, 1.165) is 31.2 Å². The lowest BCUT2D eigenvalue weighted by molar-refractivity contribution is -0.385. The van der Waals surface area contributed by atoms with Gasteiger partial charge in [0.05, 0.1) is 12.0 Å². The molecule has 0 unspecified atom stereocenters. The van der Waals surface area contributed by atoms with Gasteiger partial charge < -0.3 is 9.84 Å². The molecule has 22 heavy (non-hydrogen) atoms. The second kappa shape index (κ2) is 7.56. The number of rotatable bonds is 6. The Kier molecular flexibility index (Phi) is 5.74. The lowest BCUT2D eigenvalue weighted by Gasteiger charge is -2.34. The lowest BCUT2D eigenvalue weighted by atomic mass is 9.86. The minimum Gasteiger partial charge on any atom is -0.496 e. The maximum atomic E-state index is 10.9. The van der Waals surface area contributed by atoms with Crippen molar-refractivity contribution in [2.45, 2.75) is 38.3 Å². The largest absolute Gasteiger partial charge is 0.496 e. The van der Waals surface area contributed by atoms with Crippen LogP contribution in [0.1, 0.15) is 31.2 Å². The Morgan fingerprint density at radius 1 is 1.36 bits per heavy atom. The number of methoxy groups -OCH3 is 1.